The maximum absolute atomic E-state index is 12.9. The lowest BCUT2D eigenvalue weighted by Crippen LogP contribution is -2.18. The smallest absolute Gasteiger partial charge is 0.205 e. The van der Waals surface area contributed by atoms with E-state index in [0.717, 1.165) is 22.4 Å². The summed E-state index contributed by atoms with van der Waals surface area (Å²) in [5.41, 5.74) is 4.39. The van der Waals surface area contributed by atoms with Crippen molar-refractivity contribution in [3.05, 3.63) is 71.6 Å². The molecule has 0 fully saturated rings. The Morgan fingerprint density at radius 3 is 2.54 bits per heavy atom. The summed E-state index contributed by atoms with van der Waals surface area (Å²) in [4.78, 5) is 31.2. The summed E-state index contributed by atoms with van der Waals surface area (Å²) >= 11 is 0. The number of ketones is 2. The Bertz CT molecular complexity index is 908. The Hall–Kier alpha value is -3.01. The Morgan fingerprint density at radius 1 is 1.12 bits per heavy atom. The SMILES string of the molecule is C=C(C)c1cc(N(C)C)ccc1C1=CC(=O)c2ncccc2C1=O. The number of benzene rings is 1. The van der Waals surface area contributed by atoms with Gasteiger partial charge in [-0.2, -0.15) is 0 Å². The molecule has 0 saturated heterocycles. The van der Waals surface area contributed by atoms with Crippen LogP contribution in [0.15, 0.2) is 49.2 Å². The van der Waals surface area contributed by atoms with E-state index in [1.165, 1.54) is 12.3 Å². The number of anilines is 1. The van der Waals surface area contributed by atoms with Gasteiger partial charge in [0.05, 0.1) is 5.56 Å². The molecular weight excluding hydrogens is 300 g/mol. The molecule has 0 radical (unpaired) electrons. The highest BCUT2D eigenvalue weighted by Gasteiger charge is 2.28. The van der Waals surface area contributed by atoms with E-state index >= 15 is 0 Å². The highest BCUT2D eigenvalue weighted by Crippen LogP contribution is 2.33. The Kier molecular flexibility index (Phi) is 3.89. The first-order chi connectivity index (χ1) is 11.4. The van der Waals surface area contributed by atoms with Crippen LogP contribution in [0.4, 0.5) is 5.69 Å². The predicted octanol–water partition coefficient (Wildman–Crippen LogP) is 3.64. The molecule has 1 aliphatic rings. The maximum atomic E-state index is 12.9. The normalized spacial score (nSPS) is 13.4. The van der Waals surface area contributed by atoms with Gasteiger partial charge in [0.25, 0.3) is 0 Å². The lowest BCUT2D eigenvalue weighted by atomic mass is 9.85. The molecule has 1 aromatic carbocycles. The highest BCUT2D eigenvalue weighted by molar-refractivity contribution is 6.38. The van der Waals surface area contributed by atoms with Crippen LogP contribution in [0.2, 0.25) is 0 Å². The van der Waals surface area contributed by atoms with Crippen molar-refractivity contribution in [3.8, 4) is 0 Å². The van der Waals surface area contributed by atoms with Gasteiger partial charge in [-0.15, -0.1) is 0 Å². The first kappa shape index (κ1) is 15.9. The van der Waals surface area contributed by atoms with Gasteiger partial charge in [-0.1, -0.05) is 18.2 Å². The molecule has 0 saturated carbocycles. The van der Waals surface area contributed by atoms with Crippen LogP contribution in [0.1, 0.15) is 38.9 Å². The number of rotatable bonds is 3. The standard InChI is InChI=1S/C20H18N2O2/c1-12(2)16-10-13(22(3)4)7-8-14(16)17-11-18(23)19-15(20(17)24)6-5-9-21-19/h5-11H,1H2,2-4H3. The summed E-state index contributed by atoms with van der Waals surface area (Å²) < 4.78 is 0. The van der Waals surface area contributed by atoms with Crippen LogP contribution in [0, 0.1) is 0 Å². The maximum Gasteiger partial charge on any atom is 0.205 e. The number of hydrogen-bond donors (Lipinski definition) is 0. The summed E-state index contributed by atoms with van der Waals surface area (Å²) in [6.07, 6.45) is 2.91. The van der Waals surface area contributed by atoms with Crippen LogP contribution in [0.5, 0.6) is 0 Å². The second-order valence-corrected chi connectivity index (χ2v) is 6.06. The number of pyridine rings is 1. The molecule has 2 aromatic rings. The number of allylic oxidation sites excluding steroid dienone is 3. The zero-order valence-electron chi connectivity index (χ0n) is 14.0. The van der Waals surface area contributed by atoms with Crippen molar-refractivity contribution in [2.75, 3.05) is 19.0 Å². The number of nitrogens with zero attached hydrogens (tertiary/aromatic N) is 2. The summed E-state index contributed by atoms with van der Waals surface area (Å²) in [6.45, 7) is 5.91. The van der Waals surface area contributed by atoms with Gasteiger partial charge in [-0.05, 0) is 48.4 Å². The molecule has 4 nitrogen and oxygen atoms in total. The minimum absolute atomic E-state index is 0.183. The summed E-state index contributed by atoms with van der Waals surface area (Å²) in [7, 11) is 3.90. The monoisotopic (exact) mass is 318 g/mol. The van der Waals surface area contributed by atoms with Crippen molar-refractivity contribution in [2.45, 2.75) is 6.92 Å². The van der Waals surface area contributed by atoms with Gasteiger partial charge in [0.15, 0.2) is 5.78 Å². The molecule has 4 heteroatoms. The molecule has 3 rings (SSSR count). The molecule has 0 amide bonds. The van der Waals surface area contributed by atoms with E-state index < -0.39 is 0 Å². The number of Topliss-reactive ketones (excluding diaryl/α,β-unsaturated/α-hetero) is 1. The molecule has 1 aliphatic carbocycles. The van der Waals surface area contributed by atoms with Gasteiger partial charge in [0.1, 0.15) is 5.69 Å². The quantitative estimate of drug-likeness (QED) is 0.867. The third-order valence-electron chi connectivity index (χ3n) is 4.08. The topological polar surface area (TPSA) is 50.3 Å². The Balaban J connectivity index is 2.18. The zero-order chi connectivity index (χ0) is 17.4. The van der Waals surface area contributed by atoms with Crippen LogP contribution in [-0.4, -0.2) is 30.6 Å². The average Bonchev–Trinajstić information content (AvgIpc) is 2.57. The largest absolute Gasteiger partial charge is 0.378 e. The molecule has 0 aliphatic heterocycles. The van der Waals surface area contributed by atoms with Gasteiger partial charge < -0.3 is 4.90 Å². The molecule has 0 N–H and O–H groups in total. The highest BCUT2D eigenvalue weighted by atomic mass is 16.1. The number of carbonyl (C=O) groups is 2. The molecule has 120 valence electrons. The van der Waals surface area contributed by atoms with Gasteiger partial charge in [-0.3, -0.25) is 14.6 Å². The number of aromatic nitrogens is 1. The van der Waals surface area contributed by atoms with Gasteiger partial charge >= 0.3 is 0 Å². The lowest BCUT2D eigenvalue weighted by Gasteiger charge is -2.20. The molecule has 1 heterocycles. The minimum Gasteiger partial charge on any atom is -0.378 e. The van der Waals surface area contributed by atoms with Crippen LogP contribution < -0.4 is 4.90 Å². The second-order valence-electron chi connectivity index (χ2n) is 6.06. The van der Waals surface area contributed by atoms with Crippen molar-refractivity contribution in [1.29, 1.82) is 0 Å². The van der Waals surface area contributed by atoms with E-state index in [9.17, 15) is 9.59 Å². The zero-order valence-corrected chi connectivity index (χ0v) is 14.0. The van der Waals surface area contributed by atoms with Crippen LogP contribution >= 0.6 is 0 Å². The molecule has 1 aromatic heterocycles. The van der Waals surface area contributed by atoms with Crippen molar-refractivity contribution in [3.63, 3.8) is 0 Å². The van der Waals surface area contributed by atoms with Crippen LogP contribution in [0.25, 0.3) is 11.1 Å². The fourth-order valence-electron chi connectivity index (χ4n) is 2.79. The fraction of sp³-hybridized carbons (Fsp3) is 0.150. The van der Waals surface area contributed by atoms with Gasteiger partial charge in [-0.25, -0.2) is 0 Å². The molecule has 24 heavy (non-hydrogen) atoms. The van der Waals surface area contributed by atoms with Crippen molar-refractivity contribution >= 4 is 28.4 Å². The minimum atomic E-state index is -0.246. The summed E-state index contributed by atoms with van der Waals surface area (Å²) in [5.74, 6) is -0.428. The van der Waals surface area contributed by atoms with E-state index in [-0.39, 0.29) is 17.3 Å². The van der Waals surface area contributed by atoms with Gasteiger partial charge in [0, 0.05) is 31.6 Å². The molecule has 0 spiro atoms. The van der Waals surface area contributed by atoms with E-state index in [1.54, 1.807) is 12.1 Å². The molecule has 0 atom stereocenters. The van der Waals surface area contributed by atoms with Crippen molar-refractivity contribution in [2.24, 2.45) is 0 Å². The second kappa shape index (κ2) is 5.89. The average molecular weight is 318 g/mol. The molecule has 0 bridgehead atoms. The van der Waals surface area contributed by atoms with Gasteiger partial charge in [0.2, 0.25) is 5.78 Å². The molecule has 0 unspecified atom stereocenters. The summed E-state index contributed by atoms with van der Waals surface area (Å²) in [5, 5.41) is 0. The van der Waals surface area contributed by atoms with Crippen LogP contribution in [0.3, 0.4) is 0 Å². The van der Waals surface area contributed by atoms with E-state index in [4.69, 9.17) is 0 Å². The third-order valence-corrected chi connectivity index (χ3v) is 4.08. The van der Waals surface area contributed by atoms with E-state index in [1.807, 2.05) is 44.1 Å². The number of fused-ring (bicyclic) bond motifs is 1. The third kappa shape index (κ3) is 2.56. The first-order valence-corrected chi connectivity index (χ1v) is 7.63. The molecular formula is C20H18N2O2. The first-order valence-electron chi connectivity index (χ1n) is 7.63. The predicted molar refractivity (Wildman–Crippen MR) is 96.4 cm³/mol. The fourth-order valence-corrected chi connectivity index (χ4v) is 2.79. The van der Waals surface area contributed by atoms with E-state index in [0.29, 0.717) is 11.1 Å². The number of carbonyl (C=O) groups excluding carboxylic acids is 2. The Labute approximate surface area is 141 Å². The summed E-state index contributed by atoms with van der Waals surface area (Å²) in [6, 6.07) is 9.10. The van der Waals surface area contributed by atoms with Crippen molar-refractivity contribution in [1.82, 2.24) is 4.98 Å². The van der Waals surface area contributed by atoms with Crippen LogP contribution in [-0.2, 0) is 0 Å². The number of hydrogen-bond acceptors (Lipinski definition) is 4. The van der Waals surface area contributed by atoms with Crippen molar-refractivity contribution < 1.29 is 9.59 Å². The lowest BCUT2D eigenvalue weighted by molar-refractivity contribution is 0.0997. The Morgan fingerprint density at radius 2 is 1.88 bits per heavy atom. The van der Waals surface area contributed by atoms with E-state index in [2.05, 4.69) is 11.6 Å².